The normalized spacial score (nSPS) is 9.61. The van der Waals surface area contributed by atoms with Gasteiger partial charge in [-0.25, -0.2) is 4.79 Å². The SMILES string of the molecule is C=C(C#N)C(=O)O.CCCCCCCCCCCCCCCC. The Bertz CT molecular complexity index is 304. The molecule has 0 bridgehead atoms. The second-order valence-electron chi connectivity index (χ2n) is 6.14. The van der Waals surface area contributed by atoms with Gasteiger partial charge in [0.15, 0.2) is 0 Å². The van der Waals surface area contributed by atoms with E-state index in [0.29, 0.717) is 0 Å². The summed E-state index contributed by atoms with van der Waals surface area (Å²) in [6.07, 6.45) is 20.4. The molecule has 3 nitrogen and oxygen atoms in total. The zero-order valence-electron chi connectivity index (χ0n) is 15.4. The number of aliphatic carboxylic acids is 1. The first-order valence-electron chi connectivity index (χ1n) is 9.42. The molecule has 0 unspecified atom stereocenters. The van der Waals surface area contributed by atoms with Gasteiger partial charge in [-0.3, -0.25) is 0 Å². The Morgan fingerprint density at radius 1 is 0.783 bits per heavy atom. The molecule has 0 aliphatic rings. The summed E-state index contributed by atoms with van der Waals surface area (Å²) in [5.74, 6) is -1.26. The van der Waals surface area contributed by atoms with E-state index in [1.807, 2.05) is 0 Å². The highest BCUT2D eigenvalue weighted by Crippen LogP contribution is 2.12. The summed E-state index contributed by atoms with van der Waals surface area (Å²) < 4.78 is 0. The molecule has 0 spiro atoms. The predicted octanol–water partition coefficient (Wildman–Crippen LogP) is 6.64. The molecule has 0 aromatic rings. The quantitative estimate of drug-likeness (QED) is 0.221. The second-order valence-corrected chi connectivity index (χ2v) is 6.14. The molecule has 1 N–H and O–H groups in total. The molecule has 0 saturated carbocycles. The zero-order chi connectivity index (χ0) is 17.8. The molecule has 0 atom stereocenters. The fourth-order valence-electron chi connectivity index (χ4n) is 2.32. The largest absolute Gasteiger partial charge is 0.477 e. The molecule has 0 heterocycles. The van der Waals surface area contributed by atoms with Crippen molar-refractivity contribution in [1.82, 2.24) is 0 Å². The average Bonchev–Trinajstić information content (AvgIpc) is 2.55. The maximum absolute atomic E-state index is 9.61. The number of carbonyl (C=O) groups is 1. The summed E-state index contributed by atoms with van der Waals surface area (Å²) in [6, 6.07) is 1.37. The van der Waals surface area contributed by atoms with Crippen LogP contribution >= 0.6 is 0 Å². The van der Waals surface area contributed by atoms with Crippen LogP contribution in [0.1, 0.15) is 104 Å². The molecule has 0 radical (unpaired) electrons. The monoisotopic (exact) mass is 323 g/mol. The van der Waals surface area contributed by atoms with E-state index in [1.165, 1.54) is 96.0 Å². The minimum Gasteiger partial charge on any atom is -0.477 e. The van der Waals surface area contributed by atoms with E-state index in [-0.39, 0.29) is 0 Å². The highest BCUT2D eigenvalue weighted by molar-refractivity contribution is 5.90. The molecule has 0 aliphatic heterocycles. The van der Waals surface area contributed by atoms with E-state index in [1.54, 1.807) is 0 Å². The molecular weight excluding hydrogens is 286 g/mol. The lowest BCUT2D eigenvalue weighted by atomic mass is 10.0. The van der Waals surface area contributed by atoms with Crippen LogP contribution in [0.15, 0.2) is 12.2 Å². The minimum atomic E-state index is -1.26. The van der Waals surface area contributed by atoms with Crippen LogP contribution in [0.2, 0.25) is 0 Å². The van der Waals surface area contributed by atoms with E-state index in [2.05, 4.69) is 20.4 Å². The molecule has 0 saturated heterocycles. The molecule has 23 heavy (non-hydrogen) atoms. The number of hydrogen-bond donors (Lipinski definition) is 1. The minimum absolute atomic E-state index is 0.431. The molecule has 0 amide bonds. The molecule has 0 aromatic carbocycles. The van der Waals surface area contributed by atoms with Crippen molar-refractivity contribution < 1.29 is 9.90 Å². The number of rotatable bonds is 14. The Labute approximate surface area is 143 Å². The van der Waals surface area contributed by atoms with Crippen molar-refractivity contribution in [2.75, 3.05) is 0 Å². The first-order valence-corrected chi connectivity index (χ1v) is 9.42. The summed E-state index contributed by atoms with van der Waals surface area (Å²) in [6.45, 7) is 7.49. The third kappa shape index (κ3) is 23.1. The van der Waals surface area contributed by atoms with Gasteiger partial charge in [-0.1, -0.05) is 110 Å². The lowest BCUT2D eigenvalue weighted by Gasteiger charge is -2.02. The van der Waals surface area contributed by atoms with E-state index in [0.717, 1.165) is 0 Å². The van der Waals surface area contributed by atoms with Crippen LogP contribution in [0.25, 0.3) is 0 Å². The molecular formula is C20H37NO2. The first kappa shape index (κ1) is 24.0. The second kappa shape index (κ2) is 20.7. The summed E-state index contributed by atoms with van der Waals surface area (Å²) >= 11 is 0. The van der Waals surface area contributed by atoms with Gasteiger partial charge in [0.1, 0.15) is 11.6 Å². The number of hydrogen-bond acceptors (Lipinski definition) is 2. The van der Waals surface area contributed by atoms with Crippen LogP contribution in [0.4, 0.5) is 0 Å². The van der Waals surface area contributed by atoms with Crippen LogP contribution in [-0.2, 0) is 4.79 Å². The highest BCUT2D eigenvalue weighted by Gasteiger charge is 1.97. The standard InChI is InChI=1S/C16H34.C4H3NO2/c1-3-5-7-9-11-13-15-16-14-12-10-8-6-4-2;1-3(2-5)4(6)7/h3-16H2,1-2H3;1H2,(H,6,7). The predicted molar refractivity (Wildman–Crippen MR) is 98.4 cm³/mol. The average molecular weight is 324 g/mol. The van der Waals surface area contributed by atoms with Gasteiger partial charge in [-0.15, -0.1) is 0 Å². The van der Waals surface area contributed by atoms with Gasteiger partial charge in [0.2, 0.25) is 0 Å². The third-order valence-electron chi connectivity index (χ3n) is 3.85. The van der Waals surface area contributed by atoms with Crippen molar-refractivity contribution in [2.45, 2.75) is 104 Å². The van der Waals surface area contributed by atoms with Crippen LogP contribution in [0.3, 0.4) is 0 Å². The van der Waals surface area contributed by atoms with Gasteiger partial charge >= 0.3 is 5.97 Å². The Hall–Kier alpha value is -1.30. The fourth-order valence-corrected chi connectivity index (χ4v) is 2.32. The molecule has 0 rings (SSSR count). The molecule has 134 valence electrons. The Morgan fingerprint density at radius 2 is 1.04 bits per heavy atom. The summed E-state index contributed by atoms with van der Waals surface area (Å²) in [4.78, 5) is 9.61. The lowest BCUT2D eigenvalue weighted by molar-refractivity contribution is -0.132. The maximum Gasteiger partial charge on any atom is 0.345 e. The highest BCUT2D eigenvalue weighted by atomic mass is 16.4. The van der Waals surface area contributed by atoms with Crippen LogP contribution in [0.5, 0.6) is 0 Å². The Kier molecular flexibility index (Phi) is 21.6. The molecule has 0 aliphatic carbocycles. The van der Waals surface area contributed by atoms with E-state index >= 15 is 0 Å². The fraction of sp³-hybridized carbons (Fsp3) is 0.800. The zero-order valence-corrected chi connectivity index (χ0v) is 15.4. The van der Waals surface area contributed by atoms with Gasteiger partial charge in [-0.05, 0) is 0 Å². The summed E-state index contributed by atoms with van der Waals surface area (Å²) in [5.41, 5.74) is -0.431. The smallest absolute Gasteiger partial charge is 0.345 e. The van der Waals surface area contributed by atoms with Crippen molar-refractivity contribution in [3.8, 4) is 6.07 Å². The maximum atomic E-state index is 9.61. The molecule has 3 heteroatoms. The number of nitriles is 1. The topological polar surface area (TPSA) is 61.1 Å². The van der Waals surface area contributed by atoms with E-state index < -0.39 is 11.5 Å². The summed E-state index contributed by atoms with van der Waals surface area (Å²) in [5, 5.41) is 15.6. The van der Waals surface area contributed by atoms with Crippen LogP contribution < -0.4 is 0 Å². The Morgan fingerprint density at radius 3 is 1.17 bits per heavy atom. The van der Waals surface area contributed by atoms with Gasteiger partial charge in [0, 0.05) is 0 Å². The summed E-state index contributed by atoms with van der Waals surface area (Å²) in [7, 11) is 0. The van der Waals surface area contributed by atoms with Crippen molar-refractivity contribution in [3.63, 3.8) is 0 Å². The number of nitrogens with zero attached hydrogens (tertiary/aromatic N) is 1. The van der Waals surface area contributed by atoms with Gasteiger partial charge in [-0.2, -0.15) is 5.26 Å². The number of carboxylic acid groups (broad SMARTS) is 1. The van der Waals surface area contributed by atoms with Gasteiger partial charge in [0.05, 0.1) is 0 Å². The molecule has 0 aromatic heterocycles. The van der Waals surface area contributed by atoms with Crippen LogP contribution in [-0.4, -0.2) is 11.1 Å². The Balaban J connectivity index is 0. The van der Waals surface area contributed by atoms with Crippen molar-refractivity contribution >= 4 is 5.97 Å². The van der Waals surface area contributed by atoms with Crippen LogP contribution in [0, 0.1) is 11.3 Å². The van der Waals surface area contributed by atoms with Crippen molar-refractivity contribution in [1.29, 1.82) is 5.26 Å². The van der Waals surface area contributed by atoms with Crippen molar-refractivity contribution in [2.24, 2.45) is 0 Å². The lowest BCUT2D eigenvalue weighted by Crippen LogP contribution is -1.94. The first-order chi connectivity index (χ1) is 11.1. The van der Waals surface area contributed by atoms with Crippen molar-refractivity contribution in [3.05, 3.63) is 12.2 Å². The number of unbranched alkanes of at least 4 members (excludes halogenated alkanes) is 13. The van der Waals surface area contributed by atoms with Gasteiger partial charge < -0.3 is 5.11 Å². The number of carboxylic acids is 1. The third-order valence-corrected chi connectivity index (χ3v) is 3.85. The molecule has 0 fully saturated rings. The van der Waals surface area contributed by atoms with E-state index in [4.69, 9.17) is 10.4 Å². The van der Waals surface area contributed by atoms with Gasteiger partial charge in [0.25, 0.3) is 0 Å². The van der Waals surface area contributed by atoms with E-state index in [9.17, 15) is 4.79 Å².